The first-order valence-corrected chi connectivity index (χ1v) is 15.7. The average Bonchev–Trinajstić information content (AvgIpc) is 3.65. The van der Waals surface area contributed by atoms with E-state index in [9.17, 15) is 0 Å². The number of para-hydroxylation sites is 2. The third kappa shape index (κ3) is 3.57. The molecule has 0 saturated heterocycles. The van der Waals surface area contributed by atoms with Gasteiger partial charge in [-0.1, -0.05) is 115 Å². The van der Waals surface area contributed by atoms with Crippen LogP contribution in [0.5, 0.6) is 0 Å². The van der Waals surface area contributed by atoms with Crippen LogP contribution in [-0.4, -0.2) is 14.1 Å². The van der Waals surface area contributed by atoms with Crippen molar-refractivity contribution in [2.75, 3.05) is 0 Å². The number of hydrogen-bond donors (Lipinski definition) is 0. The fraction of sp³-hybridized carbons (Fsp3) is 0. The molecule has 0 aliphatic heterocycles. The summed E-state index contributed by atoms with van der Waals surface area (Å²) in [6.07, 6.45) is 0. The minimum atomic E-state index is 0.924. The molecule has 3 heteroatoms. The first-order valence-electron chi connectivity index (χ1n) is 15.7. The zero-order chi connectivity index (χ0) is 30.2. The highest BCUT2D eigenvalue weighted by Crippen LogP contribution is 2.43. The molecule has 3 aromatic heterocycles. The van der Waals surface area contributed by atoms with Gasteiger partial charge in [-0.2, -0.15) is 0 Å². The Morgan fingerprint density at radius 1 is 0.391 bits per heavy atom. The lowest BCUT2D eigenvalue weighted by Crippen LogP contribution is -1.98. The van der Waals surface area contributed by atoms with E-state index in [1.54, 1.807) is 0 Å². The van der Waals surface area contributed by atoms with Crippen molar-refractivity contribution < 1.29 is 0 Å². The molecule has 3 heterocycles. The van der Waals surface area contributed by atoms with E-state index in [-0.39, 0.29) is 0 Å². The second-order valence-electron chi connectivity index (χ2n) is 12.0. The Morgan fingerprint density at radius 3 is 2.00 bits per heavy atom. The van der Waals surface area contributed by atoms with Gasteiger partial charge in [0.2, 0.25) is 0 Å². The number of benzene rings is 7. The van der Waals surface area contributed by atoms with E-state index in [2.05, 4.69) is 167 Å². The standard InChI is InChI=1S/C43H27N3/c1-3-11-28(12-4-1)36-17-10-20-41(44-36)46-38-19-9-13-29-21-24-35-32(25-26-39(46)43(35)42(29)38)30-22-23-34-33-16-7-8-18-37(33)45(40(34)27-30)31-14-5-2-6-15-31/h1-27H. The summed E-state index contributed by atoms with van der Waals surface area (Å²) in [5, 5.41) is 7.58. The van der Waals surface area contributed by atoms with Crippen LogP contribution in [-0.2, 0) is 0 Å². The summed E-state index contributed by atoms with van der Waals surface area (Å²) < 4.78 is 4.72. The maximum atomic E-state index is 5.18. The summed E-state index contributed by atoms with van der Waals surface area (Å²) in [7, 11) is 0. The Morgan fingerprint density at radius 2 is 1.11 bits per heavy atom. The zero-order valence-electron chi connectivity index (χ0n) is 24.9. The summed E-state index contributed by atoms with van der Waals surface area (Å²) in [5.74, 6) is 0.924. The smallest absolute Gasteiger partial charge is 0.138 e. The van der Waals surface area contributed by atoms with Gasteiger partial charge in [0.25, 0.3) is 0 Å². The normalized spacial score (nSPS) is 11.9. The fourth-order valence-corrected chi connectivity index (χ4v) is 7.50. The van der Waals surface area contributed by atoms with Gasteiger partial charge in [0.15, 0.2) is 0 Å². The Hall–Kier alpha value is -6.19. The van der Waals surface area contributed by atoms with E-state index in [0.717, 1.165) is 17.1 Å². The van der Waals surface area contributed by atoms with Crippen LogP contribution in [0.2, 0.25) is 0 Å². The van der Waals surface area contributed by atoms with Crippen LogP contribution in [0.3, 0.4) is 0 Å². The van der Waals surface area contributed by atoms with Crippen molar-refractivity contribution in [2.45, 2.75) is 0 Å². The van der Waals surface area contributed by atoms with Crippen LogP contribution < -0.4 is 0 Å². The lowest BCUT2D eigenvalue weighted by molar-refractivity contribution is 1.08. The SMILES string of the molecule is c1ccc(-c2cccc(-n3c4cccc5ccc6c(-c7ccc8c9ccccc9n(-c9ccccc9)c8c7)ccc3c6c54)n2)cc1. The van der Waals surface area contributed by atoms with Gasteiger partial charge in [-0.25, -0.2) is 4.98 Å². The topological polar surface area (TPSA) is 22.8 Å². The zero-order valence-corrected chi connectivity index (χ0v) is 24.9. The van der Waals surface area contributed by atoms with E-state index >= 15 is 0 Å². The predicted octanol–water partition coefficient (Wildman–Crippen LogP) is 11.2. The highest BCUT2D eigenvalue weighted by Gasteiger charge is 2.20. The molecule has 0 amide bonds. The molecule has 214 valence electrons. The first-order chi connectivity index (χ1) is 22.8. The summed E-state index contributed by atoms with van der Waals surface area (Å²) in [6.45, 7) is 0. The molecule has 10 aromatic rings. The van der Waals surface area contributed by atoms with Crippen molar-refractivity contribution in [3.63, 3.8) is 0 Å². The number of aromatic nitrogens is 3. The van der Waals surface area contributed by atoms with E-state index in [0.29, 0.717) is 0 Å². The first kappa shape index (κ1) is 25.2. The van der Waals surface area contributed by atoms with Gasteiger partial charge >= 0.3 is 0 Å². The van der Waals surface area contributed by atoms with Gasteiger partial charge < -0.3 is 4.57 Å². The molecule has 0 saturated carbocycles. The summed E-state index contributed by atoms with van der Waals surface area (Å²) >= 11 is 0. The Bertz CT molecular complexity index is 2730. The van der Waals surface area contributed by atoms with Crippen LogP contribution in [0, 0.1) is 0 Å². The van der Waals surface area contributed by atoms with Crippen LogP contribution in [0.4, 0.5) is 0 Å². The third-order valence-corrected chi connectivity index (χ3v) is 9.49. The van der Waals surface area contributed by atoms with Gasteiger partial charge in [-0.3, -0.25) is 4.57 Å². The van der Waals surface area contributed by atoms with E-state index in [1.807, 2.05) is 6.07 Å². The molecule has 0 radical (unpaired) electrons. The second kappa shape index (κ2) is 9.65. The number of nitrogens with zero attached hydrogens (tertiary/aromatic N) is 3. The quantitative estimate of drug-likeness (QED) is 0.188. The van der Waals surface area contributed by atoms with Gasteiger partial charge in [0.1, 0.15) is 5.82 Å². The highest BCUT2D eigenvalue weighted by atomic mass is 15.1. The van der Waals surface area contributed by atoms with Crippen molar-refractivity contribution in [3.05, 3.63) is 164 Å². The largest absolute Gasteiger partial charge is 0.309 e. The molecular weight excluding hydrogens is 558 g/mol. The van der Waals surface area contributed by atoms with Crippen LogP contribution in [0.25, 0.3) is 88.3 Å². The molecule has 0 bridgehead atoms. The molecule has 0 unspecified atom stereocenters. The lowest BCUT2D eigenvalue weighted by atomic mass is 9.94. The molecule has 0 aliphatic rings. The van der Waals surface area contributed by atoms with Crippen LogP contribution in [0.1, 0.15) is 0 Å². The molecule has 10 rings (SSSR count). The maximum absolute atomic E-state index is 5.18. The number of hydrogen-bond acceptors (Lipinski definition) is 1. The molecule has 0 fully saturated rings. The Balaban J connectivity index is 1.23. The van der Waals surface area contributed by atoms with Crippen molar-refractivity contribution >= 4 is 54.4 Å². The van der Waals surface area contributed by atoms with E-state index < -0.39 is 0 Å². The highest BCUT2D eigenvalue weighted by molar-refractivity contribution is 6.26. The maximum Gasteiger partial charge on any atom is 0.138 e. The molecule has 3 nitrogen and oxygen atoms in total. The average molecular weight is 586 g/mol. The van der Waals surface area contributed by atoms with E-state index in [1.165, 1.54) is 71.2 Å². The minimum absolute atomic E-state index is 0.924. The summed E-state index contributed by atoms with van der Waals surface area (Å²) in [5.41, 5.74) is 10.5. The molecule has 0 spiro atoms. The van der Waals surface area contributed by atoms with Crippen LogP contribution >= 0.6 is 0 Å². The summed E-state index contributed by atoms with van der Waals surface area (Å²) in [4.78, 5) is 5.18. The number of pyridine rings is 1. The lowest BCUT2D eigenvalue weighted by Gasteiger charge is -2.12. The summed E-state index contributed by atoms with van der Waals surface area (Å²) in [6, 6.07) is 58.8. The third-order valence-electron chi connectivity index (χ3n) is 9.49. The Kier molecular flexibility index (Phi) is 5.28. The van der Waals surface area contributed by atoms with Crippen molar-refractivity contribution in [3.8, 4) is 33.9 Å². The molecule has 0 N–H and O–H groups in total. The van der Waals surface area contributed by atoms with E-state index in [4.69, 9.17) is 4.98 Å². The molecule has 0 atom stereocenters. The fourth-order valence-electron chi connectivity index (χ4n) is 7.50. The van der Waals surface area contributed by atoms with Gasteiger partial charge in [-0.05, 0) is 70.4 Å². The van der Waals surface area contributed by atoms with Crippen molar-refractivity contribution in [1.29, 1.82) is 0 Å². The van der Waals surface area contributed by atoms with Gasteiger partial charge in [0, 0.05) is 32.8 Å². The molecular formula is C43H27N3. The van der Waals surface area contributed by atoms with Crippen molar-refractivity contribution in [2.24, 2.45) is 0 Å². The number of rotatable bonds is 4. The van der Waals surface area contributed by atoms with Crippen molar-refractivity contribution in [1.82, 2.24) is 14.1 Å². The number of fused-ring (bicyclic) bond motifs is 3. The van der Waals surface area contributed by atoms with Gasteiger partial charge in [-0.15, -0.1) is 0 Å². The van der Waals surface area contributed by atoms with Gasteiger partial charge in [0.05, 0.1) is 27.8 Å². The second-order valence-corrected chi connectivity index (χ2v) is 12.0. The molecule has 7 aromatic carbocycles. The Labute approximate surface area is 265 Å². The van der Waals surface area contributed by atoms with Crippen LogP contribution in [0.15, 0.2) is 164 Å². The molecule has 46 heavy (non-hydrogen) atoms. The minimum Gasteiger partial charge on any atom is -0.309 e. The predicted molar refractivity (Wildman–Crippen MR) is 192 cm³/mol. The molecule has 0 aliphatic carbocycles. The monoisotopic (exact) mass is 585 g/mol.